The molecule has 4 nitrogen and oxygen atoms in total. The molecule has 1 heterocycles. The number of methoxy groups -OCH3 is 1. The van der Waals surface area contributed by atoms with Crippen molar-refractivity contribution in [3.8, 4) is 0 Å². The number of aromatic amines is 1. The number of esters is 1. The van der Waals surface area contributed by atoms with Gasteiger partial charge >= 0.3 is 5.97 Å². The Balaban J connectivity index is 2.38. The number of fused-ring (bicyclic) bond motifs is 1. The second kappa shape index (κ2) is 4.87. The second-order valence-corrected chi connectivity index (χ2v) is 3.93. The number of nitrogens with one attached hydrogen (secondary N) is 1. The van der Waals surface area contributed by atoms with Gasteiger partial charge in [-0.1, -0.05) is 18.2 Å². The van der Waals surface area contributed by atoms with E-state index in [0.29, 0.717) is 5.56 Å². The number of hydrogen-bond acceptors (Lipinski definition) is 3. The van der Waals surface area contributed by atoms with E-state index in [0.717, 1.165) is 10.9 Å². The Morgan fingerprint density at radius 3 is 2.72 bits per heavy atom. The molecule has 0 saturated heterocycles. The maximum atomic E-state index is 12.0. The van der Waals surface area contributed by atoms with Crippen molar-refractivity contribution in [3.63, 3.8) is 0 Å². The van der Waals surface area contributed by atoms with Crippen LogP contribution in [0.5, 0.6) is 0 Å². The fourth-order valence-corrected chi connectivity index (χ4v) is 1.77. The molecule has 0 unspecified atom stereocenters. The van der Waals surface area contributed by atoms with E-state index < -0.39 is 5.97 Å². The number of benzene rings is 1. The average Bonchev–Trinajstić information content (AvgIpc) is 2.81. The first-order valence-corrected chi connectivity index (χ1v) is 5.50. The van der Waals surface area contributed by atoms with Gasteiger partial charge in [0.2, 0.25) is 0 Å². The van der Waals surface area contributed by atoms with Crippen LogP contribution in [0.15, 0.2) is 42.1 Å². The Labute approximate surface area is 104 Å². The van der Waals surface area contributed by atoms with Gasteiger partial charge in [0.05, 0.1) is 7.11 Å². The van der Waals surface area contributed by atoms with Crippen LogP contribution in [0, 0.1) is 0 Å². The highest BCUT2D eigenvalue weighted by Crippen LogP contribution is 2.18. The van der Waals surface area contributed by atoms with Crippen LogP contribution in [0.3, 0.4) is 0 Å². The summed E-state index contributed by atoms with van der Waals surface area (Å²) in [5.74, 6) is -0.710. The molecule has 0 radical (unpaired) electrons. The van der Waals surface area contributed by atoms with Gasteiger partial charge < -0.3 is 9.72 Å². The molecule has 0 fully saturated rings. The standard InChI is InChI=1S/C14H13NO3/c1-9(14(17)18-2)7-13(16)11-8-15-12-6-4-3-5-10(11)12/h3-8,15H,1-2H3/b9-7+. The molecule has 92 valence electrons. The molecule has 2 rings (SSSR count). The molecular formula is C14H13NO3. The molecule has 0 aliphatic carbocycles. The third-order valence-electron chi connectivity index (χ3n) is 2.71. The molecule has 0 atom stereocenters. The van der Waals surface area contributed by atoms with E-state index in [1.807, 2.05) is 24.3 Å². The lowest BCUT2D eigenvalue weighted by Gasteiger charge is -1.98. The number of para-hydroxylation sites is 1. The average molecular weight is 243 g/mol. The summed E-state index contributed by atoms with van der Waals surface area (Å²) < 4.78 is 4.55. The van der Waals surface area contributed by atoms with Crippen LogP contribution < -0.4 is 0 Å². The number of carbonyl (C=O) groups is 2. The maximum absolute atomic E-state index is 12.0. The zero-order chi connectivity index (χ0) is 13.1. The predicted octanol–water partition coefficient (Wildman–Crippen LogP) is 2.47. The van der Waals surface area contributed by atoms with Crippen molar-refractivity contribution in [3.05, 3.63) is 47.7 Å². The summed E-state index contributed by atoms with van der Waals surface area (Å²) in [7, 11) is 1.29. The van der Waals surface area contributed by atoms with E-state index in [1.165, 1.54) is 13.2 Å². The Morgan fingerprint density at radius 2 is 2.00 bits per heavy atom. The number of ketones is 1. The summed E-state index contributed by atoms with van der Waals surface area (Å²) >= 11 is 0. The molecule has 1 aromatic heterocycles. The van der Waals surface area contributed by atoms with Crippen molar-refractivity contribution >= 4 is 22.7 Å². The summed E-state index contributed by atoms with van der Waals surface area (Å²) in [5, 5.41) is 0.844. The number of ether oxygens (including phenoxy) is 1. The lowest BCUT2D eigenvalue weighted by atomic mass is 10.1. The molecule has 1 aromatic carbocycles. The number of H-pyrrole nitrogens is 1. The summed E-state index contributed by atoms with van der Waals surface area (Å²) in [4.78, 5) is 26.3. The van der Waals surface area contributed by atoms with E-state index in [4.69, 9.17) is 0 Å². The third-order valence-corrected chi connectivity index (χ3v) is 2.71. The largest absolute Gasteiger partial charge is 0.466 e. The number of hydrogen-bond donors (Lipinski definition) is 1. The Kier molecular flexibility index (Phi) is 3.28. The van der Waals surface area contributed by atoms with Gasteiger partial charge in [-0.15, -0.1) is 0 Å². The summed E-state index contributed by atoms with van der Waals surface area (Å²) in [6.45, 7) is 1.55. The lowest BCUT2D eigenvalue weighted by molar-refractivity contribution is -0.136. The SMILES string of the molecule is COC(=O)/C(C)=C/C(=O)c1c[nH]c2ccccc12. The van der Waals surface area contributed by atoms with Crippen molar-refractivity contribution < 1.29 is 14.3 Å². The van der Waals surface area contributed by atoms with Gasteiger partial charge in [0.25, 0.3) is 0 Å². The fraction of sp³-hybridized carbons (Fsp3) is 0.143. The van der Waals surface area contributed by atoms with Gasteiger partial charge in [0, 0.05) is 28.2 Å². The molecule has 4 heteroatoms. The van der Waals surface area contributed by atoms with E-state index in [1.54, 1.807) is 13.1 Å². The molecule has 2 aromatic rings. The molecule has 0 spiro atoms. The minimum Gasteiger partial charge on any atom is -0.466 e. The molecule has 0 saturated carbocycles. The maximum Gasteiger partial charge on any atom is 0.333 e. The molecule has 0 bridgehead atoms. The molecule has 0 aliphatic rings. The van der Waals surface area contributed by atoms with Crippen LogP contribution >= 0.6 is 0 Å². The Bertz CT molecular complexity index is 637. The van der Waals surface area contributed by atoms with Gasteiger partial charge in [-0.25, -0.2) is 4.79 Å². The lowest BCUT2D eigenvalue weighted by Crippen LogP contribution is -2.04. The number of aromatic nitrogens is 1. The number of allylic oxidation sites excluding steroid dienone is 1. The van der Waals surface area contributed by atoms with E-state index in [-0.39, 0.29) is 11.4 Å². The van der Waals surface area contributed by atoms with Crippen molar-refractivity contribution in [2.45, 2.75) is 6.92 Å². The van der Waals surface area contributed by atoms with Crippen LogP contribution in [0.4, 0.5) is 0 Å². The van der Waals surface area contributed by atoms with Crippen molar-refractivity contribution in [1.82, 2.24) is 4.98 Å². The van der Waals surface area contributed by atoms with Crippen LogP contribution in [0.1, 0.15) is 17.3 Å². The summed E-state index contributed by atoms with van der Waals surface area (Å²) in [6.07, 6.45) is 2.94. The van der Waals surface area contributed by atoms with E-state index in [9.17, 15) is 9.59 Å². The highest BCUT2D eigenvalue weighted by molar-refractivity contribution is 6.15. The van der Waals surface area contributed by atoms with Crippen LogP contribution in [-0.2, 0) is 9.53 Å². The minimum atomic E-state index is -0.497. The molecule has 0 aliphatic heterocycles. The van der Waals surface area contributed by atoms with Crippen molar-refractivity contribution in [2.75, 3.05) is 7.11 Å². The Hall–Kier alpha value is -2.36. The van der Waals surface area contributed by atoms with Crippen molar-refractivity contribution in [2.24, 2.45) is 0 Å². The number of carbonyl (C=O) groups excluding carboxylic acids is 2. The summed E-state index contributed by atoms with van der Waals surface area (Å²) in [6, 6.07) is 7.51. The highest BCUT2D eigenvalue weighted by atomic mass is 16.5. The first kappa shape index (κ1) is 12.1. The van der Waals surface area contributed by atoms with Crippen LogP contribution in [0.25, 0.3) is 10.9 Å². The first-order chi connectivity index (χ1) is 8.63. The molecule has 18 heavy (non-hydrogen) atoms. The third kappa shape index (κ3) is 2.18. The zero-order valence-electron chi connectivity index (χ0n) is 10.2. The Morgan fingerprint density at radius 1 is 1.28 bits per heavy atom. The van der Waals surface area contributed by atoms with Gasteiger partial charge in [0.1, 0.15) is 0 Å². The molecular weight excluding hydrogens is 230 g/mol. The zero-order valence-corrected chi connectivity index (χ0v) is 10.2. The van der Waals surface area contributed by atoms with E-state index in [2.05, 4.69) is 9.72 Å². The first-order valence-electron chi connectivity index (χ1n) is 5.50. The van der Waals surface area contributed by atoms with Crippen molar-refractivity contribution in [1.29, 1.82) is 0 Å². The minimum absolute atomic E-state index is 0.213. The summed E-state index contributed by atoms with van der Waals surface area (Å²) in [5.41, 5.74) is 1.73. The number of rotatable bonds is 3. The smallest absolute Gasteiger partial charge is 0.333 e. The second-order valence-electron chi connectivity index (χ2n) is 3.93. The monoisotopic (exact) mass is 243 g/mol. The quantitative estimate of drug-likeness (QED) is 0.512. The highest BCUT2D eigenvalue weighted by Gasteiger charge is 2.12. The van der Waals surface area contributed by atoms with Gasteiger partial charge in [-0.05, 0) is 19.1 Å². The van der Waals surface area contributed by atoms with Gasteiger partial charge in [-0.3, -0.25) is 4.79 Å². The van der Waals surface area contributed by atoms with Crippen LogP contribution in [-0.4, -0.2) is 23.8 Å². The fourth-order valence-electron chi connectivity index (χ4n) is 1.77. The van der Waals surface area contributed by atoms with Gasteiger partial charge in [-0.2, -0.15) is 0 Å². The molecule has 1 N–H and O–H groups in total. The van der Waals surface area contributed by atoms with E-state index >= 15 is 0 Å². The predicted molar refractivity (Wildman–Crippen MR) is 68.4 cm³/mol. The van der Waals surface area contributed by atoms with Gasteiger partial charge in [0.15, 0.2) is 5.78 Å². The molecule has 0 amide bonds. The topological polar surface area (TPSA) is 59.2 Å². The van der Waals surface area contributed by atoms with Crippen LogP contribution in [0.2, 0.25) is 0 Å². The normalized spacial score (nSPS) is 11.6.